The molecule has 1 aliphatic heterocycles. The van der Waals surface area contributed by atoms with E-state index in [4.69, 9.17) is 16.3 Å². The molecule has 1 aliphatic rings. The molecule has 0 fully saturated rings. The molecule has 0 saturated carbocycles. The molecule has 0 aliphatic carbocycles. The second-order valence-corrected chi connectivity index (χ2v) is 8.10. The third-order valence-corrected chi connectivity index (χ3v) is 5.80. The van der Waals surface area contributed by atoms with Crippen LogP contribution in [-0.4, -0.2) is 11.0 Å². The maximum Gasteiger partial charge on any atom is 0.339 e. The number of benzene rings is 3. The van der Waals surface area contributed by atoms with Gasteiger partial charge < -0.3 is 4.74 Å². The van der Waals surface area contributed by atoms with Gasteiger partial charge in [-0.2, -0.15) is 0 Å². The Kier molecular flexibility index (Phi) is 5.27. The molecule has 0 amide bonds. The van der Waals surface area contributed by atoms with Gasteiger partial charge in [0, 0.05) is 10.4 Å². The number of aromatic nitrogens is 1. The normalized spacial score (nSPS) is 16.2. The highest BCUT2D eigenvalue weighted by Crippen LogP contribution is 2.30. The summed E-state index contributed by atoms with van der Waals surface area (Å²) in [6.45, 7) is 0. The first-order valence-corrected chi connectivity index (χ1v) is 10.7. The second-order valence-electron chi connectivity index (χ2n) is 7.67. The fourth-order valence-electron chi connectivity index (χ4n) is 3.95. The predicted octanol–water partition coefficient (Wildman–Crippen LogP) is 6.90. The molecule has 5 rings (SSSR count). The van der Waals surface area contributed by atoms with Gasteiger partial charge in [-0.05, 0) is 65.9 Å². The Hall–Kier alpha value is -3.43. The number of hydrogen-bond acceptors (Lipinski definition) is 3. The first kappa shape index (κ1) is 19.5. The summed E-state index contributed by atoms with van der Waals surface area (Å²) in [5, 5.41) is 1.73. The molecular formula is C27H20ClNO2. The van der Waals surface area contributed by atoms with Crippen molar-refractivity contribution in [3.05, 3.63) is 112 Å². The molecule has 2 heterocycles. The van der Waals surface area contributed by atoms with E-state index in [1.165, 1.54) is 0 Å². The number of aryl methyl sites for hydroxylation is 1. The summed E-state index contributed by atoms with van der Waals surface area (Å²) in [4.78, 5) is 17.2. The largest absolute Gasteiger partial charge is 0.454 e. The predicted molar refractivity (Wildman–Crippen MR) is 125 cm³/mol. The minimum atomic E-state index is -0.255. The summed E-state index contributed by atoms with van der Waals surface area (Å²) >= 11 is 6.09. The monoisotopic (exact) mass is 425 g/mol. The zero-order valence-electron chi connectivity index (χ0n) is 16.8. The van der Waals surface area contributed by atoms with Crippen molar-refractivity contribution in [3.8, 4) is 0 Å². The zero-order valence-corrected chi connectivity index (χ0v) is 17.5. The number of rotatable bonds is 3. The molecule has 0 unspecified atom stereocenters. The van der Waals surface area contributed by atoms with E-state index < -0.39 is 0 Å². The highest BCUT2D eigenvalue weighted by molar-refractivity contribution is 6.31. The van der Waals surface area contributed by atoms with Crippen LogP contribution in [0.1, 0.15) is 45.3 Å². The van der Waals surface area contributed by atoms with E-state index in [9.17, 15) is 4.79 Å². The van der Waals surface area contributed by atoms with Gasteiger partial charge in [-0.3, -0.25) is 0 Å². The molecule has 4 heteroatoms. The average Bonchev–Trinajstić information content (AvgIpc) is 2.97. The van der Waals surface area contributed by atoms with Crippen molar-refractivity contribution in [2.45, 2.75) is 18.9 Å². The maximum absolute atomic E-state index is 12.6. The Labute approximate surface area is 186 Å². The molecule has 0 bridgehead atoms. The van der Waals surface area contributed by atoms with E-state index in [1.54, 1.807) is 0 Å². The third-order valence-electron chi connectivity index (χ3n) is 5.57. The Morgan fingerprint density at radius 3 is 2.74 bits per heavy atom. The van der Waals surface area contributed by atoms with E-state index in [1.807, 2.05) is 84.9 Å². The first-order chi connectivity index (χ1) is 15.2. The van der Waals surface area contributed by atoms with Gasteiger partial charge in [0.15, 0.2) is 0 Å². The van der Waals surface area contributed by atoms with Gasteiger partial charge in [0.2, 0.25) is 0 Å². The highest BCUT2D eigenvalue weighted by Gasteiger charge is 2.24. The van der Waals surface area contributed by atoms with Crippen LogP contribution in [0.4, 0.5) is 0 Å². The van der Waals surface area contributed by atoms with Crippen LogP contribution in [-0.2, 0) is 11.2 Å². The molecular weight excluding hydrogens is 406 g/mol. The Bertz CT molecular complexity index is 1310. The lowest BCUT2D eigenvalue weighted by Crippen LogP contribution is -2.09. The molecule has 4 aromatic rings. The molecule has 0 radical (unpaired) electrons. The number of cyclic esters (lactones) is 1. The van der Waals surface area contributed by atoms with Crippen molar-refractivity contribution < 1.29 is 9.53 Å². The van der Waals surface area contributed by atoms with Crippen LogP contribution in [0.5, 0.6) is 0 Å². The summed E-state index contributed by atoms with van der Waals surface area (Å²) in [6, 6.07) is 25.5. The standard InChI is InChI=1S/C27H20ClNO2/c28-22-12-9-20-10-14-23(29-25(20)17-22)13-8-18-4-3-6-21(16-18)26-15-11-19-5-1-2-7-24(19)27(30)31-26/h1-10,12-14,16-17,26H,11,15H2/b13-8+/t26-/m0/s1. The number of hydrogen-bond donors (Lipinski definition) is 0. The average molecular weight is 426 g/mol. The number of nitrogens with zero attached hydrogens (tertiary/aromatic N) is 1. The van der Waals surface area contributed by atoms with E-state index in [0.29, 0.717) is 10.6 Å². The van der Waals surface area contributed by atoms with Gasteiger partial charge in [0.05, 0.1) is 16.8 Å². The fourth-order valence-corrected chi connectivity index (χ4v) is 4.12. The molecule has 1 aromatic heterocycles. The van der Waals surface area contributed by atoms with E-state index in [2.05, 4.69) is 11.1 Å². The van der Waals surface area contributed by atoms with Crippen molar-refractivity contribution >= 4 is 40.6 Å². The van der Waals surface area contributed by atoms with Gasteiger partial charge in [0.25, 0.3) is 0 Å². The fraction of sp³-hybridized carbons (Fsp3) is 0.111. The van der Waals surface area contributed by atoms with Crippen molar-refractivity contribution in [1.29, 1.82) is 0 Å². The van der Waals surface area contributed by atoms with Gasteiger partial charge in [-0.15, -0.1) is 0 Å². The van der Waals surface area contributed by atoms with Gasteiger partial charge in [-0.1, -0.05) is 66.2 Å². The Morgan fingerprint density at radius 2 is 1.81 bits per heavy atom. The summed E-state index contributed by atoms with van der Waals surface area (Å²) in [5.41, 5.74) is 5.48. The van der Waals surface area contributed by atoms with Crippen LogP contribution in [0, 0.1) is 0 Å². The third kappa shape index (κ3) is 4.23. The van der Waals surface area contributed by atoms with Crippen molar-refractivity contribution in [2.75, 3.05) is 0 Å². The number of esters is 1. The lowest BCUT2D eigenvalue weighted by molar-refractivity contribution is 0.0298. The molecule has 3 nitrogen and oxygen atoms in total. The molecule has 152 valence electrons. The zero-order chi connectivity index (χ0) is 21.2. The molecule has 0 saturated heterocycles. The van der Waals surface area contributed by atoms with Crippen LogP contribution in [0.15, 0.2) is 78.9 Å². The first-order valence-electron chi connectivity index (χ1n) is 10.3. The number of carbonyl (C=O) groups is 1. The number of halogens is 1. The molecule has 3 aromatic carbocycles. The van der Waals surface area contributed by atoms with E-state index in [-0.39, 0.29) is 12.1 Å². The minimum Gasteiger partial charge on any atom is -0.454 e. The quantitative estimate of drug-likeness (QED) is 0.335. The van der Waals surface area contributed by atoms with Crippen LogP contribution in [0.2, 0.25) is 5.02 Å². The highest BCUT2D eigenvalue weighted by atomic mass is 35.5. The summed E-state index contributed by atoms with van der Waals surface area (Å²) < 4.78 is 5.81. The lowest BCUT2D eigenvalue weighted by Gasteiger charge is -2.16. The second kappa shape index (κ2) is 8.37. The lowest BCUT2D eigenvalue weighted by atomic mass is 9.99. The molecule has 31 heavy (non-hydrogen) atoms. The van der Waals surface area contributed by atoms with Crippen molar-refractivity contribution in [2.24, 2.45) is 0 Å². The molecule has 1 atom stereocenters. The summed E-state index contributed by atoms with van der Waals surface area (Å²) in [6.07, 6.45) is 5.33. The number of carbonyl (C=O) groups excluding carboxylic acids is 1. The summed E-state index contributed by atoms with van der Waals surface area (Å²) in [5.74, 6) is -0.252. The van der Waals surface area contributed by atoms with Crippen LogP contribution in [0.25, 0.3) is 23.1 Å². The smallest absolute Gasteiger partial charge is 0.339 e. The van der Waals surface area contributed by atoms with Crippen molar-refractivity contribution in [1.82, 2.24) is 4.98 Å². The van der Waals surface area contributed by atoms with Crippen LogP contribution in [0.3, 0.4) is 0 Å². The van der Waals surface area contributed by atoms with Gasteiger partial charge in [-0.25, -0.2) is 9.78 Å². The Morgan fingerprint density at radius 1 is 0.935 bits per heavy atom. The topological polar surface area (TPSA) is 39.2 Å². The maximum atomic E-state index is 12.6. The van der Waals surface area contributed by atoms with Crippen LogP contribution < -0.4 is 0 Å². The molecule has 0 spiro atoms. The number of ether oxygens (including phenoxy) is 1. The van der Waals surface area contributed by atoms with E-state index >= 15 is 0 Å². The van der Waals surface area contributed by atoms with Crippen molar-refractivity contribution in [3.63, 3.8) is 0 Å². The van der Waals surface area contributed by atoms with Gasteiger partial charge in [0.1, 0.15) is 6.10 Å². The Balaban J connectivity index is 1.37. The van der Waals surface area contributed by atoms with E-state index in [0.717, 1.165) is 46.1 Å². The van der Waals surface area contributed by atoms with Gasteiger partial charge >= 0.3 is 5.97 Å². The number of pyridine rings is 1. The minimum absolute atomic E-state index is 0.252. The SMILES string of the molecule is O=C1O[C@H](c2cccc(/C=C/c3ccc4ccc(Cl)cc4n3)c2)CCc2ccccc21. The number of fused-ring (bicyclic) bond motifs is 2. The van der Waals surface area contributed by atoms with Crippen LogP contribution >= 0.6 is 11.6 Å². The molecule has 0 N–H and O–H groups in total. The summed E-state index contributed by atoms with van der Waals surface area (Å²) in [7, 11) is 0.